The molecule has 1 aromatic carbocycles. The lowest BCUT2D eigenvalue weighted by Crippen LogP contribution is -2.52. The first-order valence-electron chi connectivity index (χ1n) is 12.7. The molecule has 3 aliphatic carbocycles. The van der Waals surface area contributed by atoms with E-state index in [0.717, 1.165) is 63.5 Å². The van der Waals surface area contributed by atoms with Gasteiger partial charge in [-0.15, -0.1) is 0 Å². The van der Waals surface area contributed by atoms with Crippen LogP contribution >= 0.6 is 11.6 Å². The number of piperazine rings is 1. The van der Waals surface area contributed by atoms with Crippen molar-refractivity contribution in [3.05, 3.63) is 34.9 Å². The molecule has 178 valence electrons. The van der Waals surface area contributed by atoms with Crippen molar-refractivity contribution in [3.63, 3.8) is 0 Å². The third-order valence-electron chi connectivity index (χ3n) is 7.73. The van der Waals surface area contributed by atoms with Crippen LogP contribution in [0.4, 0.5) is 0 Å². The molecule has 1 N–H and O–H groups in total. The van der Waals surface area contributed by atoms with Gasteiger partial charge in [0.15, 0.2) is 0 Å². The van der Waals surface area contributed by atoms with Crippen molar-refractivity contribution in [1.29, 1.82) is 0 Å². The third-order valence-corrected chi connectivity index (χ3v) is 8.05. The maximum absolute atomic E-state index is 13.0. The van der Waals surface area contributed by atoms with E-state index in [-0.39, 0.29) is 11.8 Å². The van der Waals surface area contributed by atoms with Crippen LogP contribution in [0.2, 0.25) is 5.02 Å². The number of aliphatic imine (C=N–C) groups is 1. The lowest BCUT2D eigenvalue weighted by Gasteiger charge is -2.38. The highest BCUT2D eigenvalue weighted by Crippen LogP contribution is 2.42. The minimum Gasteiger partial charge on any atom is -0.357 e. The predicted octanol–water partition coefficient (Wildman–Crippen LogP) is 4.14. The second-order valence-corrected chi connectivity index (χ2v) is 10.6. The van der Waals surface area contributed by atoms with Crippen LogP contribution in [-0.4, -0.2) is 65.7 Å². The van der Waals surface area contributed by atoms with Gasteiger partial charge in [0.25, 0.3) is 5.91 Å². The number of amidine groups is 1. The maximum Gasteiger partial charge on any atom is 0.255 e. The van der Waals surface area contributed by atoms with Crippen molar-refractivity contribution >= 4 is 29.3 Å². The standard InChI is InChI=1S/C26H35ClN4O2/c27-22-8-4-3-7-21(22)24(32)31-17-15-30(16-18-31)23(20-5-1-2-6-20)29-26(12-13-26)25(33)28-14-11-19-9-10-19/h3-4,7-8,19-20H,1-2,5-6,9-18H2,(H,28,33). The average molecular weight is 471 g/mol. The number of hydrogen-bond acceptors (Lipinski definition) is 3. The zero-order valence-corrected chi connectivity index (χ0v) is 20.2. The summed E-state index contributed by atoms with van der Waals surface area (Å²) in [5.41, 5.74) is 0.0172. The molecular weight excluding hydrogens is 436 g/mol. The molecular formula is C26H35ClN4O2. The second-order valence-electron chi connectivity index (χ2n) is 10.2. The number of rotatable bonds is 7. The van der Waals surface area contributed by atoms with Crippen LogP contribution in [0, 0.1) is 11.8 Å². The molecule has 6 nitrogen and oxygen atoms in total. The molecule has 7 heteroatoms. The number of halogens is 1. The topological polar surface area (TPSA) is 65.0 Å². The van der Waals surface area contributed by atoms with E-state index in [1.165, 1.54) is 25.7 Å². The summed E-state index contributed by atoms with van der Waals surface area (Å²) in [6, 6.07) is 7.25. The molecule has 2 amide bonds. The Morgan fingerprint density at radius 3 is 2.30 bits per heavy atom. The fraction of sp³-hybridized carbons (Fsp3) is 0.654. The summed E-state index contributed by atoms with van der Waals surface area (Å²) in [6.45, 7) is 3.59. The second kappa shape index (κ2) is 9.65. The van der Waals surface area contributed by atoms with Gasteiger partial charge in [0.2, 0.25) is 5.91 Å². The minimum absolute atomic E-state index is 0.00620. The van der Waals surface area contributed by atoms with Gasteiger partial charge in [0, 0.05) is 38.6 Å². The lowest BCUT2D eigenvalue weighted by molar-refractivity contribution is -0.123. The summed E-state index contributed by atoms with van der Waals surface area (Å²) in [5.74, 6) is 2.49. The van der Waals surface area contributed by atoms with Crippen molar-refractivity contribution in [1.82, 2.24) is 15.1 Å². The van der Waals surface area contributed by atoms with Crippen LogP contribution in [0.25, 0.3) is 0 Å². The quantitative estimate of drug-likeness (QED) is 0.481. The summed E-state index contributed by atoms with van der Waals surface area (Å²) in [4.78, 5) is 35.4. The fourth-order valence-corrected chi connectivity index (χ4v) is 5.45. The van der Waals surface area contributed by atoms with Crippen LogP contribution < -0.4 is 5.32 Å². The van der Waals surface area contributed by atoms with Gasteiger partial charge in [0.05, 0.1) is 10.6 Å². The number of nitrogens with zero attached hydrogens (tertiary/aromatic N) is 3. The molecule has 1 heterocycles. The number of carbonyl (C=O) groups is 2. The highest BCUT2D eigenvalue weighted by molar-refractivity contribution is 6.33. The van der Waals surface area contributed by atoms with Gasteiger partial charge < -0.3 is 15.1 Å². The molecule has 1 aliphatic heterocycles. The van der Waals surface area contributed by atoms with Crippen molar-refractivity contribution in [3.8, 4) is 0 Å². The number of carbonyl (C=O) groups excluding carboxylic acids is 2. The van der Waals surface area contributed by atoms with E-state index in [0.29, 0.717) is 29.6 Å². The summed E-state index contributed by atoms with van der Waals surface area (Å²) in [6.07, 6.45) is 10.2. The molecule has 1 aromatic rings. The van der Waals surface area contributed by atoms with Gasteiger partial charge in [-0.1, -0.05) is 49.4 Å². The van der Waals surface area contributed by atoms with E-state index in [4.69, 9.17) is 16.6 Å². The highest BCUT2D eigenvalue weighted by atomic mass is 35.5. The van der Waals surface area contributed by atoms with E-state index in [2.05, 4.69) is 10.2 Å². The van der Waals surface area contributed by atoms with E-state index >= 15 is 0 Å². The Morgan fingerprint density at radius 1 is 1.00 bits per heavy atom. The zero-order valence-electron chi connectivity index (χ0n) is 19.4. The van der Waals surface area contributed by atoms with Gasteiger partial charge in [0.1, 0.15) is 11.4 Å². The number of benzene rings is 1. The van der Waals surface area contributed by atoms with Crippen LogP contribution in [-0.2, 0) is 4.79 Å². The number of nitrogens with one attached hydrogen (secondary N) is 1. The molecule has 0 unspecified atom stereocenters. The van der Waals surface area contributed by atoms with E-state index in [1.54, 1.807) is 12.1 Å². The van der Waals surface area contributed by atoms with E-state index in [9.17, 15) is 9.59 Å². The largest absolute Gasteiger partial charge is 0.357 e. The Balaban J connectivity index is 1.25. The van der Waals surface area contributed by atoms with E-state index in [1.807, 2.05) is 17.0 Å². The fourth-order valence-electron chi connectivity index (χ4n) is 5.24. The van der Waals surface area contributed by atoms with Crippen molar-refractivity contribution < 1.29 is 9.59 Å². The third kappa shape index (κ3) is 5.21. The van der Waals surface area contributed by atoms with Crippen molar-refractivity contribution in [2.45, 2.75) is 63.3 Å². The summed E-state index contributed by atoms with van der Waals surface area (Å²) in [7, 11) is 0. The molecule has 5 rings (SSSR count). The summed E-state index contributed by atoms with van der Waals surface area (Å²) in [5, 5.41) is 3.67. The highest BCUT2D eigenvalue weighted by Gasteiger charge is 2.51. The van der Waals surface area contributed by atoms with Crippen LogP contribution in [0.15, 0.2) is 29.3 Å². The molecule has 33 heavy (non-hydrogen) atoms. The van der Waals surface area contributed by atoms with Crippen LogP contribution in [0.3, 0.4) is 0 Å². The lowest BCUT2D eigenvalue weighted by atomic mass is 10.0. The molecule has 0 bridgehead atoms. The first-order valence-corrected chi connectivity index (χ1v) is 13.1. The first kappa shape index (κ1) is 22.7. The number of hydrogen-bond donors (Lipinski definition) is 1. The molecule has 0 radical (unpaired) electrons. The monoisotopic (exact) mass is 470 g/mol. The van der Waals surface area contributed by atoms with Gasteiger partial charge in [-0.25, -0.2) is 0 Å². The summed E-state index contributed by atoms with van der Waals surface area (Å²) >= 11 is 6.25. The number of amides is 2. The van der Waals surface area contributed by atoms with Crippen molar-refractivity contribution in [2.24, 2.45) is 16.8 Å². The Labute approximate surface area is 201 Å². The van der Waals surface area contributed by atoms with Crippen molar-refractivity contribution in [2.75, 3.05) is 32.7 Å². The molecule has 3 saturated carbocycles. The SMILES string of the molecule is O=C(c1ccccc1Cl)N1CCN(C(=NC2(C(=O)NCCC3CC3)CC2)C2CCCC2)CC1. The molecule has 0 atom stereocenters. The Hall–Kier alpha value is -2.08. The molecule has 4 aliphatic rings. The molecule has 0 spiro atoms. The van der Waals surface area contributed by atoms with Crippen LogP contribution in [0.5, 0.6) is 0 Å². The van der Waals surface area contributed by atoms with Crippen LogP contribution in [0.1, 0.15) is 68.1 Å². The molecule has 1 saturated heterocycles. The van der Waals surface area contributed by atoms with E-state index < -0.39 is 5.54 Å². The summed E-state index contributed by atoms with van der Waals surface area (Å²) < 4.78 is 0. The maximum atomic E-state index is 13.0. The first-order chi connectivity index (χ1) is 16.1. The molecule has 4 fully saturated rings. The Morgan fingerprint density at radius 2 is 1.67 bits per heavy atom. The minimum atomic E-state index is -0.550. The normalized spacial score (nSPS) is 23.0. The zero-order chi connectivity index (χ0) is 22.8. The van der Waals surface area contributed by atoms with Gasteiger partial charge >= 0.3 is 0 Å². The van der Waals surface area contributed by atoms with Gasteiger partial charge in [-0.05, 0) is 50.2 Å². The van der Waals surface area contributed by atoms with Gasteiger partial charge in [-0.2, -0.15) is 0 Å². The van der Waals surface area contributed by atoms with Gasteiger partial charge in [-0.3, -0.25) is 14.6 Å². The average Bonchev–Trinajstić information content (AvgIpc) is 3.76. The predicted molar refractivity (Wildman–Crippen MR) is 131 cm³/mol. The Bertz CT molecular complexity index is 911. The molecule has 0 aromatic heterocycles. The Kier molecular flexibility index (Phi) is 6.64. The smallest absolute Gasteiger partial charge is 0.255 e.